The van der Waals surface area contributed by atoms with E-state index in [1.807, 2.05) is 0 Å². The monoisotopic (exact) mass is 263 g/mol. The van der Waals surface area contributed by atoms with Gasteiger partial charge in [0.15, 0.2) is 0 Å². The first-order valence-corrected chi connectivity index (χ1v) is 7.33. The van der Waals surface area contributed by atoms with Crippen molar-refractivity contribution in [1.82, 2.24) is 5.32 Å². The average molecular weight is 263 g/mol. The molecule has 0 saturated carbocycles. The second-order valence-corrected chi connectivity index (χ2v) is 5.41. The maximum Gasteiger partial charge on any atom is 0.0145 e. The first-order chi connectivity index (χ1) is 9.83. The molecule has 102 valence electrons. The number of benzene rings is 2. The van der Waals surface area contributed by atoms with Crippen molar-refractivity contribution < 1.29 is 0 Å². The summed E-state index contributed by atoms with van der Waals surface area (Å²) in [6.45, 7) is 2.14. The summed E-state index contributed by atoms with van der Waals surface area (Å²) in [6.07, 6.45) is 4.41. The predicted molar refractivity (Wildman–Crippen MR) is 85.9 cm³/mol. The number of nitrogens with one attached hydrogen (secondary N) is 1. The molecular formula is C19H21N. The van der Waals surface area contributed by atoms with Gasteiger partial charge in [0.2, 0.25) is 0 Å². The minimum Gasteiger partial charge on any atom is -0.316 e. The van der Waals surface area contributed by atoms with E-state index in [9.17, 15) is 0 Å². The molecule has 2 aromatic carbocycles. The molecule has 0 saturated heterocycles. The summed E-state index contributed by atoms with van der Waals surface area (Å²) in [6, 6.07) is 18.1. The molecule has 0 spiro atoms. The first-order valence-electron chi connectivity index (χ1n) is 7.33. The van der Waals surface area contributed by atoms with Gasteiger partial charge in [-0.3, -0.25) is 0 Å². The second kappa shape index (κ2) is 5.64. The van der Waals surface area contributed by atoms with Crippen molar-refractivity contribution in [2.75, 3.05) is 7.05 Å². The van der Waals surface area contributed by atoms with E-state index in [2.05, 4.69) is 73.9 Å². The summed E-state index contributed by atoms with van der Waals surface area (Å²) in [4.78, 5) is 0. The van der Waals surface area contributed by atoms with Crippen molar-refractivity contribution in [1.29, 1.82) is 0 Å². The minimum absolute atomic E-state index is 0.496. The molecule has 0 amide bonds. The summed E-state index contributed by atoms with van der Waals surface area (Å²) in [5.41, 5.74) is 7.00. The number of hydrogen-bond donors (Lipinski definition) is 1. The molecule has 1 aliphatic rings. The molecule has 0 heterocycles. The smallest absolute Gasteiger partial charge is 0.0145 e. The van der Waals surface area contributed by atoms with Gasteiger partial charge in [0.05, 0.1) is 0 Å². The van der Waals surface area contributed by atoms with E-state index in [-0.39, 0.29) is 0 Å². The van der Waals surface area contributed by atoms with Gasteiger partial charge in [0, 0.05) is 6.04 Å². The Morgan fingerprint density at radius 2 is 1.40 bits per heavy atom. The summed E-state index contributed by atoms with van der Waals surface area (Å²) in [5, 5.41) is 3.47. The van der Waals surface area contributed by atoms with Gasteiger partial charge in [-0.2, -0.15) is 0 Å². The fraction of sp³-hybridized carbons (Fsp3) is 0.263. The molecule has 1 nitrogen and oxygen atoms in total. The van der Waals surface area contributed by atoms with E-state index in [1.165, 1.54) is 27.8 Å². The second-order valence-electron chi connectivity index (χ2n) is 5.41. The lowest BCUT2D eigenvalue weighted by Crippen LogP contribution is -2.31. The van der Waals surface area contributed by atoms with Gasteiger partial charge in [-0.25, -0.2) is 0 Å². The zero-order valence-corrected chi connectivity index (χ0v) is 12.2. The van der Waals surface area contributed by atoms with Gasteiger partial charge >= 0.3 is 0 Å². The van der Waals surface area contributed by atoms with Crippen LogP contribution in [-0.2, 0) is 12.8 Å². The molecular weight excluding hydrogens is 242 g/mol. The minimum atomic E-state index is 0.496. The van der Waals surface area contributed by atoms with E-state index in [0.29, 0.717) is 6.04 Å². The molecule has 1 heteroatoms. The fourth-order valence-electron chi connectivity index (χ4n) is 3.19. The molecule has 3 rings (SSSR count). The van der Waals surface area contributed by atoms with Crippen molar-refractivity contribution in [3.8, 4) is 0 Å². The lowest BCUT2D eigenvalue weighted by Gasteiger charge is -2.25. The molecule has 1 aliphatic carbocycles. The van der Waals surface area contributed by atoms with Crippen LogP contribution in [0.2, 0.25) is 0 Å². The van der Waals surface area contributed by atoms with E-state index in [0.717, 1.165) is 12.8 Å². The Hall–Kier alpha value is -1.86. The van der Waals surface area contributed by atoms with Crippen molar-refractivity contribution >= 4 is 5.57 Å². The molecule has 0 atom stereocenters. The van der Waals surface area contributed by atoms with E-state index in [4.69, 9.17) is 0 Å². The first kappa shape index (κ1) is 13.1. The highest BCUT2D eigenvalue weighted by molar-refractivity contribution is 5.83. The summed E-state index contributed by atoms with van der Waals surface area (Å²) in [7, 11) is 2.06. The highest BCUT2D eigenvalue weighted by Crippen LogP contribution is 2.32. The third kappa shape index (κ3) is 2.30. The molecule has 0 fully saturated rings. The Bertz CT molecular complexity index is 588. The van der Waals surface area contributed by atoms with Gasteiger partial charge in [0.1, 0.15) is 0 Å². The van der Waals surface area contributed by atoms with Crippen LogP contribution in [-0.4, -0.2) is 13.1 Å². The van der Waals surface area contributed by atoms with Crippen LogP contribution in [0.5, 0.6) is 0 Å². The van der Waals surface area contributed by atoms with E-state index < -0.39 is 0 Å². The highest BCUT2D eigenvalue weighted by atomic mass is 14.9. The van der Waals surface area contributed by atoms with Crippen LogP contribution in [0, 0.1) is 0 Å². The molecule has 0 radical (unpaired) electrons. The third-order valence-corrected chi connectivity index (χ3v) is 4.24. The van der Waals surface area contributed by atoms with Gasteiger partial charge in [-0.1, -0.05) is 54.6 Å². The van der Waals surface area contributed by atoms with Crippen LogP contribution in [0.1, 0.15) is 29.2 Å². The number of hydrogen-bond acceptors (Lipinski definition) is 1. The lowest BCUT2D eigenvalue weighted by molar-refractivity contribution is 0.554. The Balaban J connectivity index is 2.22. The van der Waals surface area contributed by atoms with Crippen molar-refractivity contribution in [2.45, 2.75) is 25.8 Å². The molecule has 0 bridgehead atoms. The van der Waals surface area contributed by atoms with Gasteiger partial charge < -0.3 is 5.32 Å². The van der Waals surface area contributed by atoms with Crippen molar-refractivity contribution in [3.05, 3.63) is 76.9 Å². The van der Waals surface area contributed by atoms with Gasteiger partial charge in [-0.15, -0.1) is 0 Å². The molecule has 0 aromatic heterocycles. The number of fused-ring (bicyclic) bond motifs is 2. The standard InChI is InChI=1S/C19H21N/c1-3-17-18-10-6-4-8-14(18)12-16(20-2)13-15-9-5-7-11-19(15)17/h3-11,16,20H,12-13H2,1-2H3. The third-order valence-electron chi connectivity index (χ3n) is 4.24. The van der Waals surface area contributed by atoms with Gasteiger partial charge in [-0.05, 0) is 54.6 Å². The maximum absolute atomic E-state index is 3.47. The maximum atomic E-state index is 3.47. The zero-order valence-electron chi connectivity index (χ0n) is 12.2. The Morgan fingerprint density at radius 3 is 1.85 bits per heavy atom. The van der Waals surface area contributed by atoms with Crippen LogP contribution in [0.4, 0.5) is 0 Å². The topological polar surface area (TPSA) is 12.0 Å². The van der Waals surface area contributed by atoms with Crippen LogP contribution in [0.3, 0.4) is 0 Å². The molecule has 1 N–H and O–H groups in total. The Kier molecular flexibility index (Phi) is 3.70. The van der Waals surface area contributed by atoms with Crippen LogP contribution in [0.15, 0.2) is 54.6 Å². The highest BCUT2D eigenvalue weighted by Gasteiger charge is 2.20. The van der Waals surface area contributed by atoms with Crippen molar-refractivity contribution in [3.63, 3.8) is 0 Å². The van der Waals surface area contributed by atoms with E-state index >= 15 is 0 Å². The lowest BCUT2D eigenvalue weighted by atomic mass is 9.83. The van der Waals surface area contributed by atoms with Crippen LogP contribution in [0.25, 0.3) is 5.57 Å². The quantitative estimate of drug-likeness (QED) is 0.824. The Morgan fingerprint density at radius 1 is 0.900 bits per heavy atom. The number of allylic oxidation sites excluding steroid dienone is 1. The number of rotatable bonds is 1. The number of likely N-dealkylation sites (N-methyl/N-ethyl adjacent to an activating group) is 1. The summed E-state index contributed by atoms with van der Waals surface area (Å²) >= 11 is 0. The SMILES string of the molecule is CC=C1c2ccccc2CC(NC)Cc2ccccc21. The molecule has 20 heavy (non-hydrogen) atoms. The molecule has 0 aliphatic heterocycles. The van der Waals surface area contributed by atoms with Gasteiger partial charge in [0.25, 0.3) is 0 Å². The van der Waals surface area contributed by atoms with Crippen molar-refractivity contribution in [2.24, 2.45) is 0 Å². The molecule has 0 unspecified atom stereocenters. The predicted octanol–water partition coefficient (Wildman–Crippen LogP) is 3.82. The van der Waals surface area contributed by atoms with Crippen LogP contribution >= 0.6 is 0 Å². The van der Waals surface area contributed by atoms with Crippen LogP contribution < -0.4 is 5.32 Å². The largest absolute Gasteiger partial charge is 0.316 e. The Labute approximate surface area is 121 Å². The summed E-state index contributed by atoms with van der Waals surface area (Å²) < 4.78 is 0. The summed E-state index contributed by atoms with van der Waals surface area (Å²) in [5.74, 6) is 0. The molecule has 2 aromatic rings. The normalized spacial score (nSPS) is 17.7. The average Bonchev–Trinajstić information content (AvgIpc) is 2.48. The fourth-order valence-corrected chi connectivity index (χ4v) is 3.19. The zero-order chi connectivity index (χ0) is 13.9. The van der Waals surface area contributed by atoms with E-state index in [1.54, 1.807) is 0 Å².